The van der Waals surface area contributed by atoms with Gasteiger partial charge in [-0.25, -0.2) is 0 Å². The van der Waals surface area contributed by atoms with E-state index in [9.17, 15) is 4.79 Å². The first-order valence-corrected chi connectivity index (χ1v) is 6.86. The van der Waals surface area contributed by atoms with Gasteiger partial charge in [-0.15, -0.1) is 0 Å². The summed E-state index contributed by atoms with van der Waals surface area (Å²) in [5.41, 5.74) is 2.38. The molecule has 2 rings (SSSR count). The molecule has 3 nitrogen and oxygen atoms in total. The monoisotopic (exact) mass is 294 g/mol. The molecule has 0 N–H and O–H groups in total. The van der Waals surface area contributed by atoms with Crippen LogP contribution < -0.4 is 9.47 Å². The maximum atomic E-state index is 11.9. The fourth-order valence-corrected chi connectivity index (χ4v) is 2.24. The van der Waals surface area contributed by atoms with Crippen LogP contribution in [0.25, 0.3) is 5.57 Å². The molecule has 22 heavy (non-hydrogen) atoms. The number of carbonyl (C=O) groups is 1. The van der Waals surface area contributed by atoms with Gasteiger partial charge in [0.1, 0.15) is 11.5 Å². The summed E-state index contributed by atoms with van der Waals surface area (Å²) in [6.07, 6.45) is 2.83. The van der Waals surface area contributed by atoms with Crippen molar-refractivity contribution in [3.63, 3.8) is 0 Å². The Labute approximate surface area is 130 Å². The summed E-state index contributed by atoms with van der Waals surface area (Å²) in [5.74, 6) is 1.21. The molecular formula is C19H18O3. The number of ether oxygens (including phenoxy) is 2. The quantitative estimate of drug-likeness (QED) is 0.758. The van der Waals surface area contributed by atoms with Gasteiger partial charge in [0, 0.05) is 16.7 Å². The van der Waals surface area contributed by atoms with Crippen molar-refractivity contribution in [3.05, 3.63) is 78.4 Å². The molecule has 0 aromatic heterocycles. The van der Waals surface area contributed by atoms with Crippen LogP contribution in [0, 0.1) is 0 Å². The SMILES string of the molecule is C=CC(=O)C=C(c1ccccc1OC)c1ccccc1OC. The van der Waals surface area contributed by atoms with Crippen LogP contribution in [-0.2, 0) is 4.79 Å². The predicted octanol–water partition coefficient (Wildman–Crippen LogP) is 3.89. The van der Waals surface area contributed by atoms with E-state index in [0.717, 1.165) is 16.7 Å². The lowest BCUT2D eigenvalue weighted by Crippen LogP contribution is -1.99. The average Bonchev–Trinajstić information content (AvgIpc) is 2.59. The van der Waals surface area contributed by atoms with Crippen molar-refractivity contribution in [2.45, 2.75) is 0 Å². The van der Waals surface area contributed by atoms with Gasteiger partial charge in [-0.3, -0.25) is 4.79 Å². The Kier molecular flexibility index (Phi) is 5.15. The first kappa shape index (κ1) is 15.6. The van der Waals surface area contributed by atoms with Gasteiger partial charge in [-0.2, -0.15) is 0 Å². The van der Waals surface area contributed by atoms with Crippen molar-refractivity contribution in [1.82, 2.24) is 0 Å². The summed E-state index contributed by atoms with van der Waals surface area (Å²) in [4.78, 5) is 11.9. The molecule has 0 aliphatic rings. The minimum atomic E-state index is -0.174. The van der Waals surface area contributed by atoms with E-state index in [0.29, 0.717) is 11.5 Å². The second-order valence-corrected chi connectivity index (χ2v) is 4.57. The normalized spacial score (nSPS) is 9.73. The molecule has 0 unspecified atom stereocenters. The molecule has 2 aromatic rings. The van der Waals surface area contributed by atoms with E-state index in [4.69, 9.17) is 9.47 Å². The molecule has 0 heterocycles. The van der Waals surface area contributed by atoms with E-state index in [-0.39, 0.29) is 5.78 Å². The minimum absolute atomic E-state index is 0.174. The van der Waals surface area contributed by atoms with Gasteiger partial charge >= 0.3 is 0 Å². The number of ketones is 1. The number of benzene rings is 2. The third-order valence-electron chi connectivity index (χ3n) is 3.28. The van der Waals surface area contributed by atoms with Crippen LogP contribution in [-0.4, -0.2) is 20.0 Å². The highest BCUT2D eigenvalue weighted by Gasteiger charge is 2.15. The summed E-state index contributed by atoms with van der Waals surface area (Å²) >= 11 is 0. The van der Waals surface area contributed by atoms with E-state index in [2.05, 4.69) is 6.58 Å². The van der Waals surface area contributed by atoms with Crippen molar-refractivity contribution >= 4 is 11.4 Å². The Morgan fingerprint density at radius 1 is 0.909 bits per heavy atom. The van der Waals surface area contributed by atoms with Gasteiger partial charge in [-0.05, 0) is 24.3 Å². The molecule has 0 aliphatic heterocycles. The molecule has 0 fully saturated rings. The second kappa shape index (κ2) is 7.27. The third-order valence-corrected chi connectivity index (χ3v) is 3.28. The first-order valence-electron chi connectivity index (χ1n) is 6.86. The number of para-hydroxylation sites is 2. The number of hydrogen-bond donors (Lipinski definition) is 0. The van der Waals surface area contributed by atoms with Crippen LogP contribution in [0.1, 0.15) is 11.1 Å². The molecule has 2 aromatic carbocycles. The van der Waals surface area contributed by atoms with Gasteiger partial charge < -0.3 is 9.47 Å². The zero-order chi connectivity index (χ0) is 15.9. The average molecular weight is 294 g/mol. The largest absolute Gasteiger partial charge is 0.496 e. The van der Waals surface area contributed by atoms with E-state index in [1.54, 1.807) is 20.3 Å². The van der Waals surface area contributed by atoms with Crippen LogP contribution in [0.5, 0.6) is 11.5 Å². The lowest BCUT2D eigenvalue weighted by molar-refractivity contribution is -0.110. The van der Waals surface area contributed by atoms with Crippen molar-refractivity contribution in [1.29, 1.82) is 0 Å². The minimum Gasteiger partial charge on any atom is -0.496 e. The van der Waals surface area contributed by atoms with E-state index >= 15 is 0 Å². The summed E-state index contributed by atoms with van der Waals surface area (Å²) in [7, 11) is 3.21. The highest BCUT2D eigenvalue weighted by atomic mass is 16.5. The van der Waals surface area contributed by atoms with Crippen molar-refractivity contribution < 1.29 is 14.3 Å². The second-order valence-electron chi connectivity index (χ2n) is 4.57. The number of methoxy groups -OCH3 is 2. The highest BCUT2D eigenvalue weighted by Crippen LogP contribution is 2.35. The third kappa shape index (κ3) is 3.26. The lowest BCUT2D eigenvalue weighted by atomic mass is 9.95. The number of rotatable bonds is 6. The molecule has 112 valence electrons. The van der Waals surface area contributed by atoms with Crippen molar-refractivity contribution in [2.75, 3.05) is 14.2 Å². The Balaban J connectivity index is 2.70. The zero-order valence-corrected chi connectivity index (χ0v) is 12.7. The van der Waals surface area contributed by atoms with E-state index < -0.39 is 0 Å². The van der Waals surface area contributed by atoms with Gasteiger partial charge in [-0.1, -0.05) is 43.0 Å². The summed E-state index contributed by atoms with van der Waals surface area (Å²) in [6.45, 7) is 3.53. The Morgan fingerprint density at radius 2 is 1.36 bits per heavy atom. The molecule has 0 aliphatic carbocycles. The van der Waals surface area contributed by atoms with Gasteiger partial charge in [0.05, 0.1) is 14.2 Å². The Bertz CT molecular complexity index is 665. The summed E-state index contributed by atoms with van der Waals surface area (Å²) < 4.78 is 10.8. The van der Waals surface area contributed by atoms with E-state index in [1.165, 1.54) is 6.08 Å². The molecule has 0 saturated carbocycles. The molecule has 0 saturated heterocycles. The molecule has 0 atom stereocenters. The number of carbonyl (C=O) groups excluding carboxylic acids is 1. The van der Waals surface area contributed by atoms with Crippen LogP contribution in [0.3, 0.4) is 0 Å². The van der Waals surface area contributed by atoms with Crippen LogP contribution >= 0.6 is 0 Å². The van der Waals surface area contributed by atoms with Gasteiger partial charge in [0.2, 0.25) is 0 Å². The van der Waals surface area contributed by atoms with Crippen molar-refractivity contribution in [2.24, 2.45) is 0 Å². The summed E-state index contributed by atoms with van der Waals surface area (Å²) in [5, 5.41) is 0. The molecule has 0 radical (unpaired) electrons. The Morgan fingerprint density at radius 3 is 1.77 bits per heavy atom. The Hall–Kier alpha value is -2.81. The van der Waals surface area contributed by atoms with Crippen LogP contribution in [0.15, 0.2) is 67.3 Å². The standard InChI is InChI=1S/C19H18O3/c1-4-14(20)13-17(15-9-5-7-11-18(15)21-2)16-10-6-8-12-19(16)22-3/h4-13H,1H2,2-3H3. The predicted molar refractivity (Wildman–Crippen MR) is 88.3 cm³/mol. The zero-order valence-electron chi connectivity index (χ0n) is 12.7. The molecule has 0 amide bonds. The lowest BCUT2D eigenvalue weighted by Gasteiger charge is -2.15. The highest BCUT2D eigenvalue weighted by molar-refractivity contribution is 6.07. The molecule has 3 heteroatoms. The van der Waals surface area contributed by atoms with Gasteiger partial charge in [0.15, 0.2) is 5.78 Å². The number of allylic oxidation sites excluding steroid dienone is 2. The molecule has 0 spiro atoms. The smallest absolute Gasteiger partial charge is 0.178 e. The fraction of sp³-hybridized carbons (Fsp3) is 0.105. The maximum absolute atomic E-state index is 11.9. The van der Waals surface area contributed by atoms with Crippen molar-refractivity contribution in [3.8, 4) is 11.5 Å². The van der Waals surface area contributed by atoms with Crippen LogP contribution in [0.4, 0.5) is 0 Å². The number of hydrogen-bond acceptors (Lipinski definition) is 3. The summed E-state index contributed by atoms with van der Waals surface area (Å²) in [6, 6.07) is 15.1. The van der Waals surface area contributed by atoms with Gasteiger partial charge in [0.25, 0.3) is 0 Å². The van der Waals surface area contributed by atoms with E-state index in [1.807, 2.05) is 48.5 Å². The molecule has 0 bridgehead atoms. The maximum Gasteiger partial charge on any atom is 0.178 e. The van der Waals surface area contributed by atoms with Crippen LogP contribution in [0.2, 0.25) is 0 Å². The first-order chi connectivity index (χ1) is 10.7. The fourth-order valence-electron chi connectivity index (χ4n) is 2.24. The topological polar surface area (TPSA) is 35.5 Å². The molecular weight excluding hydrogens is 276 g/mol.